The van der Waals surface area contributed by atoms with Crippen LogP contribution in [0, 0.1) is 0 Å². The maximum absolute atomic E-state index is 6.24. The molecule has 2 rings (SSSR count). The molecule has 0 radical (unpaired) electrons. The summed E-state index contributed by atoms with van der Waals surface area (Å²) in [5.41, 5.74) is 1.23. The van der Waals surface area contributed by atoms with E-state index in [0.717, 1.165) is 24.8 Å². The minimum atomic E-state index is 0.0917. The average molecular weight is 264 g/mol. The molecular weight excluding hydrogens is 250 g/mol. The van der Waals surface area contributed by atoms with Crippen molar-refractivity contribution >= 4 is 34.8 Å². The largest absolute Gasteiger partial charge is 0.123 e. The summed E-state index contributed by atoms with van der Waals surface area (Å²) < 4.78 is 0. The second-order valence-electron chi connectivity index (χ2n) is 4.50. The van der Waals surface area contributed by atoms with Crippen LogP contribution in [0.3, 0.4) is 0 Å². The zero-order chi connectivity index (χ0) is 11.1. The number of alkyl halides is 1. The van der Waals surface area contributed by atoms with E-state index in [1.54, 1.807) is 0 Å². The molecule has 0 aliphatic heterocycles. The predicted molar refractivity (Wildman–Crippen MR) is 67.3 cm³/mol. The molecule has 0 spiro atoms. The second-order valence-corrected chi connectivity index (χ2v) is 5.90. The third-order valence-corrected chi connectivity index (χ3v) is 4.47. The lowest BCUT2D eigenvalue weighted by Crippen LogP contribution is -2.18. The van der Waals surface area contributed by atoms with Gasteiger partial charge in [0.05, 0.1) is 10.0 Å². The SMILES string of the molecule is CC1(c2cccc(Cl)c2Cl)CCC(Cl)C1. The Labute approximate surface area is 106 Å². The van der Waals surface area contributed by atoms with Gasteiger partial charge < -0.3 is 0 Å². The van der Waals surface area contributed by atoms with E-state index in [1.165, 1.54) is 0 Å². The van der Waals surface area contributed by atoms with Gasteiger partial charge in [-0.15, -0.1) is 11.6 Å². The first-order valence-electron chi connectivity index (χ1n) is 5.11. The standard InChI is InChI=1S/C12H13Cl3/c1-12(6-5-8(13)7-12)9-3-2-4-10(14)11(9)15/h2-4,8H,5-7H2,1H3. The van der Waals surface area contributed by atoms with E-state index < -0.39 is 0 Å². The summed E-state index contributed by atoms with van der Waals surface area (Å²) in [4.78, 5) is 0. The van der Waals surface area contributed by atoms with Crippen LogP contribution < -0.4 is 0 Å². The topological polar surface area (TPSA) is 0 Å². The normalized spacial score (nSPS) is 30.8. The fourth-order valence-corrected chi connectivity index (χ4v) is 3.36. The summed E-state index contributed by atoms with van der Waals surface area (Å²) in [5.74, 6) is 0. The van der Waals surface area contributed by atoms with Crippen molar-refractivity contribution in [2.45, 2.75) is 37.0 Å². The molecule has 2 unspecified atom stereocenters. The minimum absolute atomic E-state index is 0.0917. The van der Waals surface area contributed by atoms with Crippen molar-refractivity contribution < 1.29 is 0 Å². The molecule has 1 aromatic rings. The first-order valence-corrected chi connectivity index (χ1v) is 6.31. The molecule has 3 heteroatoms. The molecule has 0 nitrogen and oxygen atoms in total. The quantitative estimate of drug-likeness (QED) is 0.623. The van der Waals surface area contributed by atoms with Gasteiger partial charge in [-0.25, -0.2) is 0 Å². The van der Waals surface area contributed by atoms with E-state index >= 15 is 0 Å². The lowest BCUT2D eigenvalue weighted by Gasteiger charge is -2.25. The monoisotopic (exact) mass is 262 g/mol. The molecule has 0 amide bonds. The molecule has 1 saturated carbocycles. The molecule has 0 saturated heterocycles. The first kappa shape index (κ1) is 11.6. The van der Waals surface area contributed by atoms with Gasteiger partial charge in [0.15, 0.2) is 0 Å². The molecule has 2 atom stereocenters. The molecular formula is C12H13Cl3. The van der Waals surface area contributed by atoms with Gasteiger partial charge in [0, 0.05) is 5.38 Å². The third kappa shape index (κ3) is 2.13. The fourth-order valence-electron chi connectivity index (χ4n) is 2.38. The predicted octanol–water partition coefficient (Wildman–Crippen LogP) is 5.04. The zero-order valence-electron chi connectivity index (χ0n) is 8.56. The summed E-state index contributed by atoms with van der Waals surface area (Å²) in [6.45, 7) is 2.22. The van der Waals surface area contributed by atoms with Gasteiger partial charge in [0.1, 0.15) is 0 Å². The minimum Gasteiger partial charge on any atom is -0.123 e. The van der Waals surface area contributed by atoms with Crippen LogP contribution in [-0.4, -0.2) is 5.38 Å². The van der Waals surface area contributed by atoms with Gasteiger partial charge >= 0.3 is 0 Å². The highest BCUT2D eigenvalue weighted by molar-refractivity contribution is 6.42. The summed E-state index contributed by atoms with van der Waals surface area (Å²) in [7, 11) is 0. The van der Waals surface area contributed by atoms with Gasteiger partial charge in [0.2, 0.25) is 0 Å². The molecule has 0 aromatic heterocycles. The van der Waals surface area contributed by atoms with Crippen molar-refractivity contribution in [2.24, 2.45) is 0 Å². The lowest BCUT2D eigenvalue weighted by molar-refractivity contribution is 0.492. The molecule has 0 bridgehead atoms. The van der Waals surface area contributed by atoms with Crippen molar-refractivity contribution in [3.05, 3.63) is 33.8 Å². The Bertz CT molecular complexity index is 375. The van der Waals surface area contributed by atoms with E-state index in [-0.39, 0.29) is 10.8 Å². The Kier molecular flexibility index (Phi) is 3.21. The molecule has 0 N–H and O–H groups in total. The summed E-state index contributed by atoms with van der Waals surface area (Å²) in [6, 6.07) is 5.84. The van der Waals surface area contributed by atoms with Crippen LogP contribution in [-0.2, 0) is 5.41 Å². The Morgan fingerprint density at radius 1 is 1.33 bits per heavy atom. The van der Waals surface area contributed by atoms with Crippen molar-refractivity contribution in [2.75, 3.05) is 0 Å². The van der Waals surface area contributed by atoms with Crippen molar-refractivity contribution in [3.63, 3.8) is 0 Å². The summed E-state index contributed by atoms with van der Waals surface area (Å²) >= 11 is 18.4. The highest BCUT2D eigenvalue weighted by Crippen LogP contribution is 2.46. The molecule has 1 fully saturated rings. The Hall–Kier alpha value is 0.0900. The second kappa shape index (κ2) is 4.16. The van der Waals surface area contributed by atoms with Gasteiger partial charge in [-0.05, 0) is 36.3 Å². The molecule has 82 valence electrons. The molecule has 1 aliphatic rings. The van der Waals surface area contributed by atoms with Crippen LogP contribution in [0.1, 0.15) is 31.7 Å². The van der Waals surface area contributed by atoms with Crippen LogP contribution in [0.5, 0.6) is 0 Å². The maximum atomic E-state index is 6.24. The van der Waals surface area contributed by atoms with Crippen molar-refractivity contribution in [3.8, 4) is 0 Å². The maximum Gasteiger partial charge on any atom is 0.0629 e. The average Bonchev–Trinajstić information content (AvgIpc) is 2.52. The molecule has 1 aromatic carbocycles. The van der Waals surface area contributed by atoms with Gasteiger partial charge in [0.25, 0.3) is 0 Å². The summed E-state index contributed by atoms with van der Waals surface area (Å²) in [6.07, 6.45) is 3.12. The van der Waals surface area contributed by atoms with Crippen LogP contribution in [0.4, 0.5) is 0 Å². The van der Waals surface area contributed by atoms with Crippen LogP contribution >= 0.6 is 34.8 Å². The van der Waals surface area contributed by atoms with Gasteiger partial charge in [-0.3, -0.25) is 0 Å². The Morgan fingerprint density at radius 2 is 2.07 bits per heavy atom. The Balaban J connectivity index is 2.41. The van der Waals surface area contributed by atoms with E-state index in [0.29, 0.717) is 10.0 Å². The Morgan fingerprint density at radius 3 is 2.67 bits per heavy atom. The highest BCUT2D eigenvalue weighted by Gasteiger charge is 2.37. The van der Waals surface area contributed by atoms with Gasteiger partial charge in [-0.2, -0.15) is 0 Å². The zero-order valence-corrected chi connectivity index (χ0v) is 10.8. The van der Waals surface area contributed by atoms with E-state index in [2.05, 4.69) is 13.0 Å². The fraction of sp³-hybridized carbons (Fsp3) is 0.500. The van der Waals surface area contributed by atoms with Crippen LogP contribution in [0.25, 0.3) is 0 Å². The van der Waals surface area contributed by atoms with Crippen molar-refractivity contribution in [1.82, 2.24) is 0 Å². The van der Waals surface area contributed by atoms with Gasteiger partial charge in [-0.1, -0.05) is 42.3 Å². The highest BCUT2D eigenvalue weighted by atomic mass is 35.5. The van der Waals surface area contributed by atoms with E-state index in [9.17, 15) is 0 Å². The van der Waals surface area contributed by atoms with E-state index in [1.807, 2.05) is 12.1 Å². The number of hydrogen-bond donors (Lipinski definition) is 0. The number of halogens is 3. The molecule has 1 aliphatic carbocycles. The van der Waals surface area contributed by atoms with Crippen LogP contribution in [0.2, 0.25) is 10.0 Å². The number of hydrogen-bond acceptors (Lipinski definition) is 0. The first-order chi connectivity index (χ1) is 7.03. The number of rotatable bonds is 1. The van der Waals surface area contributed by atoms with Crippen molar-refractivity contribution in [1.29, 1.82) is 0 Å². The smallest absolute Gasteiger partial charge is 0.0629 e. The van der Waals surface area contributed by atoms with E-state index in [4.69, 9.17) is 34.8 Å². The third-order valence-electron chi connectivity index (χ3n) is 3.28. The summed E-state index contributed by atoms with van der Waals surface area (Å²) in [5, 5.41) is 1.59. The molecule has 15 heavy (non-hydrogen) atoms. The lowest BCUT2D eigenvalue weighted by atomic mass is 9.81. The molecule has 0 heterocycles. The number of benzene rings is 1. The van der Waals surface area contributed by atoms with Crippen LogP contribution in [0.15, 0.2) is 18.2 Å².